The molecule has 0 saturated carbocycles. The SMILES string of the molecule is CCCNC1(C)C=CC=C(C(=O)N(C)C)C1N1CCN(c2ccccc2OC)CC1. The minimum Gasteiger partial charge on any atom is -0.495 e. The van der Waals surface area contributed by atoms with Gasteiger partial charge in [-0.3, -0.25) is 9.69 Å². The van der Waals surface area contributed by atoms with Gasteiger partial charge in [0, 0.05) is 45.8 Å². The van der Waals surface area contributed by atoms with Gasteiger partial charge in [-0.1, -0.05) is 37.3 Å². The Bertz CT molecular complexity index is 796. The number of rotatable bonds is 7. The fourth-order valence-corrected chi connectivity index (χ4v) is 4.54. The Kier molecular flexibility index (Phi) is 7.21. The van der Waals surface area contributed by atoms with Crippen molar-refractivity contribution in [1.82, 2.24) is 15.1 Å². The predicted molar refractivity (Wildman–Crippen MR) is 123 cm³/mol. The van der Waals surface area contributed by atoms with E-state index in [1.165, 1.54) is 0 Å². The molecule has 2 atom stereocenters. The molecule has 1 amide bonds. The number of anilines is 1. The van der Waals surface area contributed by atoms with Crippen LogP contribution >= 0.6 is 0 Å². The maximum atomic E-state index is 13.0. The smallest absolute Gasteiger partial charge is 0.250 e. The number of nitrogens with zero attached hydrogens (tertiary/aromatic N) is 3. The number of ether oxygens (including phenoxy) is 1. The molecule has 0 radical (unpaired) electrons. The topological polar surface area (TPSA) is 48.1 Å². The molecule has 1 heterocycles. The third-order valence-corrected chi connectivity index (χ3v) is 6.10. The summed E-state index contributed by atoms with van der Waals surface area (Å²) in [4.78, 5) is 19.5. The molecule has 1 fully saturated rings. The molecule has 30 heavy (non-hydrogen) atoms. The van der Waals surface area contributed by atoms with Crippen molar-refractivity contribution in [2.45, 2.75) is 31.8 Å². The quantitative estimate of drug-likeness (QED) is 0.746. The number of nitrogens with one attached hydrogen (secondary N) is 1. The summed E-state index contributed by atoms with van der Waals surface area (Å²) >= 11 is 0. The molecule has 0 bridgehead atoms. The van der Waals surface area contributed by atoms with Gasteiger partial charge in [0.15, 0.2) is 0 Å². The molecule has 2 unspecified atom stereocenters. The molecule has 1 saturated heterocycles. The molecule has 0 aromatic heterocycles. The average Bonchev–Trinajstić information content (AvgIpc) is 2.77. The number of likely N-dealkylation sites (N-methyl/N-ethyl adjacent to an activating group) is 1. The lowest BCUT2D eigenvalue weighted by Crippen LogP contribution is -2.64. The van der Waals surface area contributed by atoms with Crippen LogP contribution in [-0.4, -0.2) is 81.2 Å². The van der Waals surface area contributed by atoms with Crippen molar-refractivity contribution >= 4 is 11.6 Å². The molecule has 0 spiro atoms. The Labute approximate surface area is 181 Å². The summed E-state index contributed by atoms with van der Waals surface area (Å²) in [5.74, 6) is 0.991. The van der Waals surface area contributed by atoms with Crippen LogP contribution in [0.25, 0.3) is 0 Å². The summed E-state index contributed by atoms with van der Waals surface area (Å²) in [5, 5.41) is 3.71. The summed E-state index contributed by atoms with van der Waals surface area (Å²) in [7, 11) is 5.38. The van der Waals surface area contributed by atoms with Crippen molar-refractivity contribution in [2.75, 3.05) is 58.8 Å². The second-order valence-corrected chi connectivity index (χ2v) is 8.49. The third-order valence-electron chi connectivity index (χ3n) is 6.10. The van der Waals surface area contributed by atoms with Crippen LogP contribution in [0.4, 0.5) is 5.69 Å². The zero-order valence-electron chi connectivity index (χ0n) is 19.0. The van der Waals surface area contributed by atoms with Crippen LogP contribution in [0.2, 0.25) is 0 Å². The Morgan fingerprint density at radius 3 is 2.57 bits per heavy atom. The van der Waals surface area contributed by atoms with Gasteiger partial charge >= 0.3 is 0 Å². The fourth-order valence-electron chi connectivity index (χ4n) is 4.54. The van der Waals surface area contributed by atoms with Gasteiger partial charge in [-0.2, -0.15) is 0 Å². The van der Waals surface area contributed by atoms with E-state index < -0.39 is 0 Å². The first-order valence-electron chi connectivity index (χ1n) is 10.9. The normalized spacial score (nSPS) is 24.5. The van der Waals surface area contributed by atoms with Gasteiger partial charge < -0.3 is 19.9 Å². The van der Waals surface area contributed by atoms with Crippen molar-refractivity contribution in [1.29, 1.82) is 0 Å². The number of allylic oxidation sites excluding steroid dienone is 2. The fraction of sp³-hybridized carbons (Fsp3) is 0.542. The van der Waals surface area contributed by atoms with Crippen LogP contribution in [0.1, 0.15) is 20.3 Å². The number of carbonyl (C=O) groups is 1. The minimum atomic E-state index is -0.279. The molecular weight excluding hydrogens is 376 g/mol. The maximum absolute atomic E-state index is 13.0. The van der Waals surface area contributed by atoms with E-state index >= 15 is 0 Å². The molecule has 1 aromatic rings. The molecule has 6 nitrogen and oxygen atoms in total. The predicted octanol–water partition coefficient (Wildman–Crippen LogP) is 2.53. The van der Waals surface area contributed by atoms with Gasteiger partial charge in [0.05, 0.1) is 24.4 Å². The Morgan fingerprint density at radius 2 is 1.93 bits per heavy atom. The summed E-state index contributed by atoms with van der Waals surface area (Å²) < 4.78 is 5.56. The third kappa shape index (κ3) is 4.55. The van der Waals surface area contributed by atoms with E-state index in [1.54, 1.807) is 12.0 Å². The first-order chi connectivity index (χ1) is 14.4. The number of piperazine rings is 1. The Hall–Kier alpha value is -2.31. The van der Waals surface area contributed by atoms with Crippen molar-refractivity contribution < 1.29 is 9.53 Å². The lowest BCUT2D eigenvalue weighted by molar-refractivity contribution is -0.125. The number of amides is 1. The van der Waals surface area contributed by atoms with Gasteiger partial charge in [0.1, 0.15) is 5.75 Å². The van der Waals surface area contributed by atoms with Crippen LogP contribution in [-0.2, 0) is 4.79 Å². The molecule has 164 valence electrons. The van der Waals surface area contributed by atoms with E-state index in [-0.39, 0.29) is 17.5 Å². The van der Waals surface area contributed by atoms with E-state index in [0.717, 1.165) is 56.2 Å². The van der Waals surface area contributed by atoms with E-state index in [9.17, 15) is 4.79 Å². The molecule has 1 aliphatic heterocycles. The molecule has 1 aliphatic carbocycles. The Balaban J connectivity index is 1.82. The van der Waals surface area contributed by atoms with Crippen molar-refractivity contribution in [2.24, 2.45) is 0 Å². The summed E-state index contributed by atoms with van der Waals surface area (Å²) in [6, 6.07) is 8.19. The molecular formula is C24H36N4O2. The van der Waals surface area contributed by atoms with Gasteiger partial charge in [-0.25, -0.2) is 0 Å². The van der Waals surface area contributed by atoms with Gasteiger partial charge in [0.25, 0.3) is 5.91 Å². The summed E-state index contributed by atoms with van der Waals surface area (Å²) in [5.41, 5.74) is 1.72. The summed E-state index contributed by atoms with van der Waals surface area (Å²) in [6.45, 7) is 8.87. The molecule has 2 aliphatic rings. The van der Waals surface area contributed by atoms with E-state index in [1.807, 2.05) is 38.4 Å². The van der Waals surface area contributed by atoms with E-state index in [4.69, 9.17) is 4.74 Å². The Morgan fingerprint density at radius 1 is 1.23 bits per heavy atom. The molecule has 6 heteroatoms. The van der Waals surface area contributed by atoms with Crippen LogP contribution < -0.4 is 15.0 Å². The number of para-hydroxylation sites is 2. The van der Waals surface area contributed by atoms with Crippen molar-refractivity contribution in [3.8, 4) is 5.75 Å². The number of methoxy groups -OCH3 is 1. The standard InChI is InChI=1S/C24H36N4O2/c1-6-14-25-24(2)13-9-10-19(23(29)26(3)4)22(24)28-17-15-27(16-18-28)20-11-7-8-12-21(20)30-5/h7-13,22,25H,6,14-18H2,1-5H3. The lowest BCUT2D eigenvalue weighted by Gasteiger charge is -2.48. The monoisotopic (exact) mass is 412 g/mol. The number of hydrogen-bond donors (Lipinski definition) is 1. The van der Waals surface area contributed by atoms with Gasteiger partial charge in [-0.15, -0.1) is 0 Å². The van der Waals surface area contributed by atoms with E-state index in [2.05, 4.69) is 47.2 Å². The zero-order valence-corrected chi connectivity index (χ0v) is 19.0. The molecule has 1 aromatic carbocycles. The highest BCUT2D eigenvalue weighted by molar-refractivity contribution is 5.95. The largest absolute Gasteiger partial charge is 0.495 e. The lowest BCUT2D eigenvalue weighted by atomic mass is 9.80. The average molecular weight is 413 g/mol. The second kappa shape index (κ2) is 9.67. The number of carbonyl (C=O) groups excluding carboxylic acids is 1. The van der Waals surface area contributed by atoms with Crippen molar-refractivity contribution in [3.63, 3.8) is 0 Å². The first kappa shape index (κ1) is 22.4. The van der Waals surface area contributed by atoms with Crippen LogP contribution in [0.15, 0.2) is 48.1 Å². The highest BCUT2D eigenvalue weighted by Gasteiger charge is 2.43. The van der Waals surface area contributed by atoms with Gasteiger partial charge in [-0.05, 0) is 32.0 Å². The van der Waals surface area contributed by atoms with Crippen LogP contribution in [0, 0.1) is 0 Å². The van der Waals surface area contributed by atoms with Crippen LogP contribution in [0.3, 0.4) is 0 Å². The maximum Gasteiger partial charge on any atom is 0.250 e. The van der Waals surface area contributed by atoms with Gasteiger partial charge in [0.2, 0.25) is 0 Å². The molecule has 1 N–H and O–H groups in total. The first-order valence-corrected chi connectivity index (χ1v) is 10.9. The van der Waals surface area contributed by atoms with Crippen LogP contribution in [0.5, 0.6) is 5.75 Å². The highest BCUT2D eigenvalue weighted by atomic mass is 16.5. The number of benzene rings is 1. The highest BCUT2D eigenvalue weighted by Crippen LogP contribution is 2.33. The summed E-state index contributed by atoms with van der Waals surface area (Å²) in [6.07, 6.45) is 7.29. The van der Waals surface area contributed by atoms with Crippen molar-refractivity contribution in [3.05, 3.63) is 48.1 Å². The molecule has 3 rings (SSSR count). The number of hydrogen-bond acceptors (Lipinski definition) is 5. The minimum absolute atomic E-state index is 0.00349. The zero-order chi connectivity index (χ0) is 21.7. The van der Waals surface area contributed by atoms with E-state index in [0.29, 0.717) is 0 Å². The second-order valence-electron chi connectivity index (χ2n) is 8.49.